The van der Waals surface area contributed by atoms with Crippen molar-refractivity contribution in [2.75, 3.05) is 0 Å². The molecule has 12 heavy (non-hydrogen) atoms. The van der Waals surface area contributed by atoms with Crippen molar-refractivity contribution >= 4 is 0 Å². The fraction of sp³-hybridized carbons (Fsp3) is 0.667. The Morgan fingerprint density at radius 1 is 1.50 bits per heavy atom. The molecule has 0 aliphatic heterocycles. The maximum atomic E-state index is 3.92. The van der Waals surface area contributed by atoms with Crippen LogP contribution in [-0.4, -0.2) is 0 Å². The van der Waals surface area contributed by atoms with Gasteiger partial charge < -0.3 is 0 Å². The number of rotatable bonds is 2. The van der Waals surface area contributed by atoms with Crippen LogP contribution in [0.5, 0.6) is 0 Å². The van der Waals surface area contributed by atoms with Gasteiger partial charge in [0.05, 0.1) is 0 Å². The zero-order valence-corrected chi connectivity index (χ0v) is 8.14. The molecule has 2 atom stereocenters. The summed E-state index contributed by atoms with van der Waals surface area (Å²) in [5.41, 5.74) is 1.91. The Labute approximate surface area is 75.4 Å². The molecule has 2 rings (SSSR count). The number of hydrogen-bond donors (Lipinski definition) is 0. The van der Waals surface area contributed by atoms with Crippen molar-refractivity contribution in [1.82, 2.24) is 0 Å². The fourth-order valence-corrected chi connectivity index (χ4v) is 2.70. The summed E-state index contributed by atoms with van der Waals surface area (Å²) in [6.45, 7) is 8.49. The lowest BCUT2D eigenvalue weighted by molar-refractivity contribution is 0.481. The van der Waals surface area contributed by atoms with Crippen molar-refractivity contribution < 1.29 is 0 Å². The van der Waals surface area contributed by atoms with Gasteiger partial charge in [0.1, 0.15) is 0 Å². The zero-order chi connectivity index (χ0) is 8.77. The van der Waals surface area contributed by atoms with E-state index in [-0.39, 0.29) is 5.41 Å². The first-order valence-electron chi connectivity index (χ1n) is 4.99. The van der Waals surface area contributed by atoms with E-state index in [4.69, 9.17) is 0 Å². The minimum atomic E-state index is 0.250. The Morgan fingerprint density at radius 2 is 2.25 bits per heavy atom. The summed E-state index contributed by atoms with van der Waals surface area (Å²) in [7, 11) is 0. The Morgan fingerprint density at radius 3 is 2.67 bits per heavy atom. The average molecular weight is 162 g/mol. The van der Waals surface area contributed by atoms with E-state index < -0.39 is 0 Å². The van der Waals surface area contributed by atoms with Crippen LogP contribution in [0.1, 0.15) is 33.1 Å². The molecule has 0 nitrogen and oxygen atoms in total. The molecule has 0 heteroatoms. The van der Waals surface area contributed by atoms with Crippen LogP contribution in [-0.2, 0) is 0 Å². The molecule has 0 radical (unpaired) electrons. The summed E-state index contributed by atoms with van der Waals surface area (Å²) < 4.78 is 0. The molecule has 2 aliphatic rings. The van der Waals surface area contributed by atoms with Crippen molar-refractivity contribution in [3.05, 3.63) is 24.3 Å². The Bertz CT molecular complexity index is 232. The van der Waals surface area contributed by atoms with Crippen LogP contribution in [0.15, 0.2) is 24.3 Å². The molecule has 2 bridgehead atoms. The first-order chi connectivity index (χ1) is 5.63. The van der Waals surface area contributed by atoms with Crippen LogP contribution < -0.4 is 0 Å². The van der Waals surface area contributed by atoms with Gasteiger partial charge in [-0.2, -0.15) is 0 Å². The Hall–Kier alpha value is -0.520. The highest BCUT2D eigenvalue weighted by Crippen LogP contribution is 2.50. The van der Waals surface area contributed by atoms with Crippen LogP contribution in [0.3, 0.4) is 0 Å². The molecular weight excluding hydrogens is 144 g/mol. The van der Waals surface area contributed by atoms with Crippen LogP contribution in [0, 0.1) is 17.3 Å². The molecule has 2 aliphatic carbocycles. The first-order valence-corrected chi connectivity index (χ1v) is 4.99. The summed E-state index contributed by atoms with van der Waals surface area (Å²) >= 11 is 0. The van der Waals surface area contributed by atoms with E-state index >= 15 is 0 Å². The van der Waals surface area contributed by atoms with Gasteiger partial charge in [0.2, 0.25) is 0 Å². The smallest absolute Gasteiger partial charge is 0.00344 e. The molecule has 1 fully saturated rings. The molecule has 0 aromatic rings. The molecule has 2 unspecified atom stereocenters. The van der Waals surface area contributed by atoms with Crippen LogP contribution in [0.4, 0.5) is 0 Å². The third-order valence-corrected chi connectivity index (χ3v) is 3.58. The molecule has 1 saturated carbocycles. The van der Waals surface area contributed by atoms with Crippen molar-refractivity contribution in [2.24, 2.45) is 17.3 Å². The SMILES string of the molecule is C=CC(C)(C)C1=CC2CCC1C2. The van der Waals surface area contributed by atoms with Gasteiger partial charge in [-0.05, 0) is 31.1 Å². The van der Waals surface area contributed by atoms with Gasteiger partial charge in [0.15, 0.2) is 0 Å². The summed E-state index contributed by atoms with van der Waals surface area (Å²) in [6.07, 6.45) is 8.89. The highest BCUT2D eigenvalue weighted by Gasteiger charge is 2.37. The lowest BCUT2D eigenvalue weighted by Crippen LogP contribution is -2.16. The fourth-order valence-electron chi connectivity index (χ4n) is 2.70. The topological polar surface area (TPSA) is 0 Å². The maximum absolute atomic E-state index is 3.92. The molecular formula is C12H18. The van der Waals surface area contributed by atoms with E-state index in [1.165, 1.54) is 19.3 Å². The van der Waals surface area contributed by atoms with Crippen LogP contribution in [0.2, 0.25) is 0 Å². The lowest BCUT2D eigenvalue weighted by atomic mass is 9.77. The standard InChI is InChI=1S/C12H18/c1-4-12(2,3)11-8-9-5-6-10(11)7-9/h4,8-10H,1,5-7H2,2-3H3. The third-order valence-electron chi connectivity index (χ3n) is 3.58. The van der Waals surface area contributed by atoms with Crippen LogP contribution >= 0.6 is 0 Å². The summed E-state index contributed by atoms with van der Waals surface area (Å²) in [5.74, 6) is 1.80. The van der Waals surface area contributed by atoms with E-state index in [1.807, 2.05) is 0 Å². The van der Waals surface area contributed by atoms with Crippen molar-refractivity contribution in [3.63, 3.8) is 0 Å². The van der Waals surface area contributed by atoms with E-state index in [2.05, 4.69) is 32.6 Å². The van der Waals surface area contributed by atoms with E-state index in [1.54, 1.807) is 5.57 Å². The van der Waals surface area contributed by atoms with Crippen molar-refractivity contribution in [2.45, 2.75) is 33.1 Å². The van der Waals surface area contributed by atoms with Crippen LogP contribution in [0.25, 0.3) is 0 Å². The van der Waals surface area contributed by atoms with Gasteiger partial charge in [0.25, 0.3) is 0 Å². The molecule has 0 heterocycles. The van der Waals surface area contributed by atoms with Gasteiger partial charge in [-0.3, -0.25) is 0 Å². The molecule has 0 spiro atoms. The summed E-state index contributed by atoms with van der Waals surface area (Å²) in [6, 6.07) is 0. The van der Waals surface area contributed by atoms with E-state index in [0.29, 0.717) is 0 Å². The number of allylic oxidation sites excluding steroid dienone is 3. The second-order valence-corrected chi connectivity index (χ2v) is 4.82. The quantitative estimate of drug-likeness (QED) is 0.545. The predicted octanol–water partition coefficient (Wildman–Crippen LogP) is 3.55. The number of hydrogen-bond acceptors (Lipinski definition) is 0. The normalized spacial score (nSPS) is 33.7. The van der Waals surface area contributed by atoms with Gasteiger partial charge in [-0.1, -0.05) is 31.6 Å². The second-order valence-electron chi connectivity index (χ2n) is 4.82. The molecule has 0 aromatic carbocycles. The summed E-state index contributed by atoms with van der Waals surface area (Å²) in [4.78, 5) is 0. The van der Waals surface area contributed by atoms with Gasteiger partial charge >= 0.3 is 0 Å². The van der Waals surface area contributed by atoms with Crippen molar-refractivity contribution in [1.29, 1.82) is 0 Å². The lowest BCUT2D eigenvalue weighted by Gasteiger charge is -2.27. The third kappa shape index (κ3) is 1.05. The Balaban J connectivity index is 2.26. The largest absolute Gasteiger partial charge is 0.102 e. The monoisotopic (exact) mass is 162 g/mol. The summed E-state index contributed by atoms with van der Waals surface area (Å²) in [5, 5.41) is 0. The van der Waals surface area contributed by atoms with Crippen molar-refractivity contribution in [3.8, 4) is 0 Å². The van der Waals surface area contributed by atoms with E-state index in [0.717, 1.165) is 11.8 Å². The average Bonchev–Trinajstić information content (AvgIpc) is 2.64. The molecule has 66 valence electrons. The molecule has 0 N–H and O–H groups in total. The number of fused-ring (bicyclic) bond motifs is 2. The highest BCUT2D eigenvalue weighted by molar-refractivity contribution is 5.28. The van der Waals surface area contributed by atoms with Gasteiger partial charge in [-0.15, -0.1) is 6.58 Å². The maximum Gasteiger partial charge on any atom is 0.00344 e. The Kier molecular flexibility index (Phi) is 1.67. The molecule has 0 aromatic heterocycles. The van der Waals surface area contributed by atoms with E-state index in [9.17, 15) is 0 Å². The van der Waals surface area contributed by atoms with Gasteiger partial charge in [0, 0.05) is 5.41 Å². The highest BCUT2D eigenvalue weighted by atomic mass is 14.4. The minimum absolute atomic E-state index is 0.250. The molecule has 0 amide bonds. The van der Waals surface area contributed by atoms with Gasteiger partial charge in [-0.25, -0.2) is 0 Å². The zero-order valence-electron chi connectivity index (χ0n) is 8.14. The second kappa shape index (κ2) is 2.48. The molecule has 0 saturated heterocycles. The minimum Gasteiger partial charge on any atom is -0.102 e. The first kappa shape index (κ1) is 8.10. The predicted molar refractivity (Wildman–Crippen MR) is 52.9 cm³/mol.